The SMILES string of the molecule is CNC(=O)c1cccc(NC(=O)COC(=O)/C=C/c2ccc(Br)o2)c1. The molecule has 1 aromatic heterocycles. The van der Waals surface area contributed by atoms with E-state index in [2.05, 4.69) is 26.6 Å². The van der Waals surface area contributed by atoms with Gasteiger partial charge in [-0.05, 0) is 52.3 Å². The van der Waals surface area contributed by atoms with Crippen molar-refractivity contribution in [1.82, 2.24) is 5.32 Å². The van der Waals surface area contributed by atoms with Crippen LogP contribution in [0.4, 0.5) is 5.69 Å². The van der Waals surface area contributed by atoms with Gasteiger partial charge in [-0.1, -0.05) is 6.07 Å². The molecule has 1 aromatic carbocycles. The summed E-state index contributed by atoms with van der Waals surface area (Å²) in [6.07, 6.45) is 2.59. The van der Waals surface area contributed by atoms with E-state index in [-0.39, 0.29) is 5.91 Å². The van der Waals surface area contributed by atoms with E-state index in [1.54, 1.807) is 30.3 Å². The number of ether oxygens (including phenoxy) is 1. The van der Waals surface area contributed by atoms with Gasteiger partial charge >= 0.3 is 5.97 Å². The highest BCUT2D eigenvalue weighted by atomic mass is 79.9. The fraction of sp³-hybridized carbons (Fsp3) is 0.118. The van der Waals surface area contributed by atoms with Gasteiger partial charge in [-0.25, -0.2) is 4.79 Å². The van der Waals surface area contributed by atoms with E-state index in [1.165, 1.54) is 19.2 Å². The third-order valence-corrected chi connectivity index (χ3v) is 3.38. The Hall–Kier alpha value is -2.87. The summed E-state index contributed by atoms with van der Waals surface area (Å²) in [6.45, 7) is -0.449. The second-order valence-corrected chi connectivity index (χ2v) is 5.57. The Morgan fingerprint density at radius 1 is 1.24 bits per heavy atom. The predicted octanol–water partition coefficient (Wildman–Crippen LogP) is 2.60. The minimum atomic E-state index is -0.679. The average Bonchev–Trinajstić information content (AvgIpc) is 3.03. The first-order chi connectivity index (χ1) is 12.0. The molecule has 0 bridgehead atoms. The van der Waals surface area contributed by atoms with Crippen molar-refractivity contribution in [2.45, 2.75) is 0 Å². The van der Waals surface area contributed by atoms with Gasteiger partial charge in [-0.15, -0.1) is 0 Å². The fourth-order valence-corrected chi connectivity index (χ4v) is 2.15. The van der Waals surface area contributed by atoms with Gasteiger partial charge in [0.25, 0.3) is 11.8 Å². The number of halogens is 1. The third kappa shape index (κ3) is 5.92. The van der Waals surface area contributed by atoms with Crippen LogP contribution in [0.5, 0.6) is 0 Å². The zero-order valence-electron chi connectivity index (χ0n) is 13.2. The fourth-order valence-electron chi connectivity index (χ4n) is 1.83. The van der Waals surface area contributed by atoms with E-state index < -0.39 is 18.5 Å². The Labute approximate surface area is 152 Å². The Balaban J connectivity index is 1.83. The van der Waals surface area contributed by atoms with Crippen LogP contribution in [-0.4, -0.2) is 31.4 Å². The molecule has 0 aliphatic heterocycles. The van der Waals surface area contributed by atoms with E-state index >= 15 is 0 Å². The first kappa shape index (κ1) is 18.5. The topological polar surface area (TPSA) is 97.6 Å². The highest BCUT2D eigenvalue weighted by molar-refractivity contribution is 9.10. The van der Waals surface area contributed by atoms with Gasteiger partial charge in [0.1, 0.15) is 5.76 Å². The molecule has 0 aliphatic rings. The quantitative estimate of drug-likeness (QED) is 0.567. The number of hydrogen-bond acceptors (Lipinski definition) is 5. The summed E-state index contributed by atoms with van der Waals surface area (Å²) in [4.78, 5) is 34.9. The number of anilines is 1. The standard InChI is InChI=1S/C17H15BrN2O5/c1-19-17(23)11-3-2-4-12(9-11)20-15(21)10-24-16(22)8-6-13-5-7-14(18)25-13/h2-9H,10H2,1H3,(H,19,23)(H,20,21)/b8-6+. The van der Waals surface area contributed by atoms with E-state index in [9.17, 15) is 14.4 Å². The molecule has 0 saturated carbocycles. The van der Waals surface area contributed by atoms with E-state index in [0.717, 1.165) is 6.08 Å². The van der Waals surface area contributed by atoms with Gasteiger partial charge in [-0.2, -0.15) is 0 Å². The maximum absolute atomic E-state index is 11.8. The molecule has 7 nitrogen and oxygen atoms in total. The first-order valence-electron chi connectivity index (χ1n) is 7.20. The van der Waals surface area contributed by atoms with E-state index in [0.29, 0.717) is 21.7 Å². The number of rotatable bonds is 6. The lowest BCUT2D eigenvalue weighted by molar-refractivity contribution is -0.142. The molecule has 2 aromatic rings. The van der Waals surface area contributed by atoms with Crippen molar-refractivity contribution < 1.29 is 23.5 Å². The average molecular weight is 407 g/mol. The Morgan fingerprint density at radius 2 is 2.04 bits per heavy atom. The number of furan rings is 1. The van der Waals surface area contributed by atoms with Crippen LogP contribution in [0.3, 0.4) is 0 Å². The summed E-state index contributed by atoms with van der Waals surface area (Å²) in [5, 5.41) is 5.04. The Morgan fingerprint density at radius 3 is 2.72 bits per heavy atom. The zero-order valence-corrected chi connectivity index (χ0v) is 14.8. The molecule has 0 radical (unpaired) electrons. The summed E-state index contributed by atoms with van der Waals surface area (Å²) in [7, 11) is 1.52. The molecule has 0 atom stereocenters. The van der Waals surface area contributed by atoms with Crippen molar-refractivity contribution >= 4 is 45.5 Å². The van der Waals surface area contributed by atoms with Gasteiger partial charge < -0.3 is 19.8 Å². The minimum absolute atomic E-state index is 0.266. The normalized spacial score (nSPS) is 10.5. The Bertz CT molecular complexity index is 813. The second kappa shape index (κ2) is 8.84. The number of carbonyl (C=O) groups excluding carboxylic acids is 3. The van der Waals surface area contributed by atoms with Crippen LogP contribution in [0.15, 0.2) is 51.6 Å². The smallest absolute Gasteiger partial charge is 0.331 e. The molecule has 0 unspecified atom stereocenters. The van der Waals surface area contributed by atoms with Gasteiger partial charge in [0.15, 0.2) is 11.3 Å². The molecule has 0 fully saturated rings. The van der Waals surface area contributed by atoms with Crippen molar-refractivity contribution in [1.29, 1.82) is 0 Å². The maximum atomic E-state index is 11.8. The lowest BCUT2D eigenvalue weighted by Crippen LogP contribution is -2.21. The van der Waals surface area contributed by atoms with Crippen LogP contribution in [0.2, 0.25) is 0 Å². The van der Waals surface area contributed by atoms with Crippen LogP contribution in [0.25, 0.3) is 6.08 Å². The van der Waals surface area contributed by atoms with E-state index in [4.69, 9.17) is 9.15 Å². The lowest BCUT2D eigenvalue weighted by Gasteiger charge is -2.07. The van der Waals surface area contributed by atoms with E-state index in [1.807, 2.05) is 0 Å². The molecular formula is C17H15BrN2O5. The maximum Gasteiger partial charge on any atom is 0.331 e. The van der Waals surface area contributed by atoms with Crippen LogP contribution in [-0.2, 0) is 14.3 Å². The van der Waals surface area contributed by atoms with Crippen molar-refractivity contribution in [2.24, 2.45) is 0 Å². The first-order valence-corrected chi connectivity index (χ1v) is 7.99. The third-order valence-electron chi connectivity index (χ3n) is 2.96. The Kier molecular flexibility index (Phi) is 6.53. The zero-order chi connectivity index (χ0) is 18.2. The molecular weight excluding hydrogens is 392 g/mol. The molecule has 25 heavy (non-hydrogen) atoms. The number of benzene rings is 1. The van der Waals surface area contributed by atoms with Crippen molar-refractivity contribution in [2.75, 3.05) is 19.0 Å². The van der Waals surface area contributed by atoms with Crippen LogP contribution >= 0.6 is 15.9 Å². The highest BCUT2D eigenvalue weighted by Crippen LogP contribution is 2.15. The summed E-state index contributed by atoms with van der Waals surface area (Å²) in [5.41, 5.74) is 0.836. The van der Waals surface area contributed by atoms with Crippen molar-refractivity contribution in [3.05, 3.63) is 58.5 Å². The van der Waals surface area contributed by atoms with Gasteiger partial charge in [0.05, 0.1) is 0 Å². The number of carbonyl (C=O) groups is 3. The molecule has 1 heterocycles. The molecule has 130 valence electrons. The molecule has 0 aliphatic carbocycles. The molecule has 2 amide bonds. The number of hydrogen-bond donors (Lipinski definition) is 2. The lowest BCUT2D eigenvalue weighted by atomic mass is 10.2. The van der Waals surface area contributed by atoms with Crippen molar-refractivity contribution in [3.8, 4) is 0 Å². The molecule has 8 heteroatoms. The predicted molar refractivity (Wildman–Crippen MR) is 94.9 cm³/mol. The molecule has 0 spiro atoms. The molecule has 2 rings (SSSR count). The number of esters is 1. The largest absolute Gasteiger partial charge is 0.452 e. The van der Waals surface area contributed by atoms with Gasteiger partial charge in [0.2, 0.25) is 0 Å². The van der Waals surface area contributed by atoms with Gasteiger partial charge in [0, 0.05) is 24.4 Å². The second-order valence-electron chi connectivity index (χ2n) is 4.79. The highest BCUT2D eigenvalue weighted by Gasteiger charge is 2.08. The van der Waals surface area contributed by atoms with Crippen LogP contribution in [0, 0.1) is 0 Å². The van der Waals surface area contributed by atoms with Crippen LogP contribution < -0.4 is 10.6 Å². The summed E-state index contributed by atoms with van der Waals surface area (Å²) in [6, 6.07) is 9.75. The van der Waals surface area contributed by atoms with Gasteiger partial charge in [-0.3, -0.25) is 9.59 Å². The summed E-state index contributed by atoms with van der Waals surface area (Å²) < 4.78 is 10.6. The number of amides is 2. The molecule has 2 N–H and O–H groups in total. The summed E-state index contributed by atoms with van der Waals surface area (Å²) >= 11 is 3.14. The summed E-state index contributed by atoms with van der Waals surface area (Å²) in [5.74, 6) is -0.991. The molecule has 0 saturated heterocycles. The van der Waals surface area contributed by atoms with Crippen LogP contribution in [0.1, 0.15) is 16.1 Å². The number of nitrogens with one attached hydrogen (secondary N) is 2. The minimum Gasteiger partial charge on any atom is -0.452 e. The van der Waals surface area contributed by atoms with Crippen molar-refractivity contribution in [3.63, 3.8) is 0 Å². The monoisotopic (exact) mass is 406 g/mol.